The number of nitrogens with zero attached hydrogens (tertiary/aromatic N) is 6. The fraction of sp³-hybridized carbons (Fsp3) is 0.0800. The predicted molar refractivity (Wildman–Crippen MR) is 130 cm³/mol. The van der Waals surface area contributed by atoms with E-state index in [1.165, 1.54) is 21.2 Å². The van der Waals surface area contributed by atoms with Crippen molar-refractivity contribution in [2.75, 3.05) is 5.73 Å². The van der Waals surface area contributed by atoms with Crippen LogP contribution < -0.4 is 11.4 Å². The van der Waals surface area contributed by atoms with Crippen molar-refractivity contribution in [3.63, 3.8) is 0 Å². The summed E-state index contributed by atoms with van der Waals surface area (Å²) < 4.78 is 15.9. The van der Waals surface area contributed by atoms with E-state index < -0.39 is 11.5 Å². The molecule has 0 fully saturated rings. The second-order valence-corrected chi connectivity index (χ2v) is 8.22. The van der Waals surface area contributed by atoms with Gasteiger partial charge in [-0.05, 0) is 42.3 Å². The number of H-pyrrole nitrogens is 1. The number of nitrogens with one attached hydrogen (secondary N) is 1. The van der Waals surface area contributed by atoms with Crippen LogP contribution in [-0.2, 0) is 6.54 Å². The van der Waals surface area contributed by atoms with Crippen LogP contribution in [0.25, 0.3) is 39.1 Å². The van der Waals surface area contributed by atoms with Gasteiger partial charge in [-0.1, -0.05) is 30.3 Å². The first-order valence-electron chi connectivity index (χ1n) is 10.9. The van der Waals surface area contributed by atoms with Gasteiger partial charge in [0.15, 0.2) is 5.65 Å². The van der Waals surface area contributed by atoms with E-state index in [0.29, 0.717) is 22.6 Å². The van der Waals surface area contributed by atoms with Crippen LogP contribution in [0.3, 0.4) is 0 Å². The zero-order chi connectivity index (χ0) is 24.1. The van der Waals surface area contributed by atoms with Crippen LogP contribution in [0.5, 0.6) is 0 Å². The highest BCUT2D eigenvalue weighted by Gasteiger charge is 2.22. The van der Waals surface area contributed by atoms with Crippen molar-refractivity contribution < 1.29 is 4.39 Å². The van der Waals surface area contributed by atoms with Crippen LogP contribution >= 0.6 is 0 Å². The van der Waals surface area contributed by atoms with Crippen molar-refractivity contribution in [1.29, 1.82) is 0 Å². The number of fused-ring (bicyclic) bond motifs is 2. The minimum absolute atomic E-state index is 0.0188. The molecule has 0 saturated heterocycles. The van der Waals surface area contributed by atoms with E-state index >= 15 is 0 Å². The van der Waals surface area contributed by atoms with E-state index in [2.05, 4.69) is 25.0 Å². The first-order valence-corrected chi connectivity index (χ1v) is 10.9. The number of nitrogen functional groups attached to an aromatic ring is 1. The number of hydrogen-bond donors (Lipinski definition) is 2. The maximum Gasteiger partial charge on any atom is 0.353 e. The zero-order valence-electron chi connectivity index (χ0n) is 18.6. The van der Waals surface area contributed by atoms with Gasteiger partial charge in [0, 0.05) is 5.56 Å². The molecule has 0 radical (unpaired) electrons. The van der Waals surface area contributed by atoms with E-state index in [1.807, 2.05) is 49.4 Å². The number of aryl methyl sites for hydroxylation is 1. The van der Waals surface area contributed by atoms with Crippen molar-refractivity contribution in [3.05, 3.63) is 94.7 Å². The van der Waals surface area contributed by atoms with Gasteiger partial charge in [0.25, 0.3) is 0 Å². The second-order valence-electron chi connectivity index (χ2n) is 8.22. The quantitative estimate of drug-likeness (QED) is 0.410. The molecule has 0 aliphatic heterocycles. The Morgan fingerprint density at radius 3 is 2.66 bits per heavy atom. The van der Waals surface area contributed by atoms with Crippen LogP contribution in [-0.4, -0.2) is 34.1 Å². The zero-order valence-corrected chi connectivity index (χ0v) is 18.6. The van der Waals surface area contributed by atoms with Gasteiger partial charge in [0.2, 0.25) is 5.95 Å². The van der Waals surface area contributed by atoms with Gasteiger partial charge in [-0.15, -0.1) is 5.10 Å². The Bertz CT molecular complexity index is 1770. The normalized spacial score (nSPS) is 11.5. The first-order chi connectivity index (χ1) is 17.0. The topological polar surface area (TPSA) is 120 Å². The van der Waals surface area contributed by atoms with Gasteiger partial charge in [0.1, 0.15) is 5.82 Å². The highest BCUT2D eigenvalue weighted by molar-refractivity contribution is 5.94. The van der Waals surface area contributed by atoms with Gasteiger partial charge >= 0.3 is 5.69 Å². The van der Waals surface area contributed by atoms with Crippen molar-refractivity contribution in [2.24, 2.45) is 0 Å². The highest BCUT2D eigenvalue weighted by atomic mass is 19.1. The maximum absolute atomic E-state index is 13.3. The lowest BCUT2D eigenvalue weighted by Crippen LogP contribution is -2.24. The summed E-state index contributed by atoms with van der Waals surface area (Å²) in [5, 5.41) is 4.64. The second kappa shape index (κ2) is 7.87. The molecule has 0 amide bonds. The number of hydrogen-bond acceptors (Lipinski definition) is 6. The molecule has 6 aromatic rings. The Hall–Kier alpha value is -4.86. The molecule has 4 heterocycles. The fourth-order valence-electron chi connectivity index (χ4n) is 4.30. The lowest BCUT2D eigenvalue weighted by atomic mass is 9.98. The number of nitrogens with two attached hydrogens (primary N) is 1. The monoisotopic (exact) mass is 466 g/mol. The lowest BCUT2D eigenvalue weighted by Gasteiger charge is -2.13. The Kier molecular flexibility index (Phi) is 4.66. The third-order valence-corrected chi connectivity index (χ3v) is 5.91. The van der Waals surface area contributed by atoms with E-state index in [1.54, 1.807) is 6.33 Å². The molecular weight excluding hydrogens is 447 g/mol. The number of benzene rings is 2. The molecular formula is C25H19FN8O. The molecule has 172 valence electrons. The smallest absolute Gasteiger partial charge is 0.353 e. The fourth-order valence-corrected chi connectivity index (χ4v) is 4.30. The van der Waals surface area contributed by atoms with Gasteiger partial charge in [0.05, 0.1) is 47.1 Å². The predicted octanol–water partition coefficient (Wildman–Crippen LogP) is 3.57. The van der Waals surface area contributed by atoms with Crippen molar-refractivity contribution >= 4 is 22.6 Å². The summed E-state index contributed by atoms with van der Waals surface area (Å²) in [5.41, 5.74) is 12.3. The third kappa shape index (κ3) is 3.43. The van der Waals surface area contributed by atoms with Crippen molar-refractivity contribution in [2.45, 2.75) is 13.5 Å². The third-order valence-electron chi connectivity index (χ3n) is 5.91. The summed E-state index contributed by atoms with van der Waals surface area (Å²) in [4.78, 5) is 29.5. The molecule has 0 aliphatic rings. The minimum Gasteiger partial charge on any atom is -0.369 e. The lowest BCUT2D eigenvalue weighted by molar-refractivity contribution is 0.609. The molecule has 6 rings (SSSR count). The molecule has 9 nitrogen and oxygen atoms in total. The molecule has 4 aromatic heterocycles. The number of rotatable bonds is 4. The number of halogens is 1. The van der Waals surface area contributed by atoms with Crippen LogP contribution in [0.2, 0.25) is 0 Å². The molecule has 35 heavy (non-hydrogen) atoms. The Morgan fingerprint density at radius 1 is 1.06 bits per heavy atom. The molecule has 0 bridgehead atoms. The largest absolute Gasteiger partial charge is 0.369 e. The van der Waals surface area contributed by atoms with E-state index in [4.69, 9.17) is 5.73 Å². The molecule has 0 aliphatic carbocycles. The Labute approximate surface area is 197 Å². The van der Waals surface area contributed by atoms with Crippen LogP contribution in [0.4, 0.5) is 10.3 Å². The van der Waals surface area contributed by atoms with Gasteiger partial charge in [-0.3, -0.25) is 4.98 Å². The standard InChI is InChI=1S/C25H19FN8O/c1-14-9-16(10-19-21(14)30-13-29-19)20-22(15-5-3-2-4-6-15)31-24(27)34-23(20)32-33(25(34)35)12-18-8-7-17(26)11-28-18/h2-11,13H,12H2,1H3,(H2,27,31)(H,29,30). The van der Waals surface area contributed by atoms with Crippen molar-refractivity contribution in [1.82, 2.24) is 34.1 Å². The molecule has 2 aromatic carbocycles. The van der Waals surface area contributed by atoms with Gasteiger partial charge < -0.3 is 10.7 Å². The summed E-state index contributed by atoms with van der Waals surface area (Å²) in [5.74, 6) is -0.436. The number of aromatic nitrogens is 7. The molecule has 3 N–H and O–H groups in total. The minimum atomic E-state index is -0.462. The number of anilines is 1. The SMILES string of the molecule is Cc1cc(-c2c(-c3ccccc3)nc(N)n3c(=O)n(Cc4ccc(F)cn4)nc23)cc2[nH]cnc12. The highest BCUT2D eigenvalue weighted by Crippen LogP contribution is 2.36. The Morgan fingerprint density at radius 2 is 1.89 bits per heavy atom. The number of pyridine rings is 1. The number of aromatic amines is 1. The summed E-state index contributed by atoms with van der Waals surface area (Å²) in [7, 11) is 0. The Balaban J connectivity index is 1.65. The summed E-state index contributed by atoms with van der Waals surface area (Å²) in [6.07, 6.45) is 2.75. The van der Waals surface area contributed by atoms with Gasteiger partial charge in [-0.2, -0.15) is 0 Å². The summed E-state index contributed by atoms with van der Waals surface area (Å²) in [6, 6.07) is 16.4. The van der Waals surface area contributed by atoms with Crippen LogP contribution in [0, 0.1) is 12.7 Å². The molecule has 10 heteroatoms. The van der Waals surface area contributed by atoms with E-state index in [9.17, 15) is 9.18 Å². The van der Waals surface area contributed by atoms with Gasteiger partial charge in [-0.25, -0.2) is 28.2 Å². The average molecular weight is 466 g/mol. The van der Waals surface area contributed by atoms with Crippen LogP contribution in [0.1, 0.15) is 11.3 Å². The molecule has 0 atom stereocenters. The van der Waals surface area contributed by atoms with E-state index in [-0.39, 0.29) is 12.5 Å². The molecule has 0 spiro atoms. The maximum atomic E-state index is 13.3. The summed E-state index contributed by atoms with van der Waals surface area (Å²) >= 11 is 0. The number of imidazole rings is 1. The van der Waals surface area contributed by atoms with E-state index in [0.717, 1.165) is 33.9 Å². The van der Waals surface area contributed by atoms with Crippen molar-refractivity contribution in [3.8, 4) is 22.4 Å². The average Bonchev–Trinajstić information content (AvgIpc) is 3.46. The first kappa shape index (κ1) is 20.7. The summed E-state index contributed by atoms with van der Waals surface area (Å²) in [6.45, 7) is 2.03. The van der Waals surface area contributed by atoms with Crippen LogP contribution in [0.15, 0.2) is 71.9 Å². The molecule has 0 unspecified atom stereocenters. The molecule has 0 saturated carbocycles.